The van der Waals surface area contributed by atoms with Gasteiger partial charge in [0.2, 0.25) is 5.91 Å². The van der Waals surface area contributed by atoms with Crippen LogP contribution in [0.15, 0.2) is 40.3 Å². The van der Waals surface area contributed by atoms with Crippen molar-refractivity contribution >= 4 is 34.4 Å². The van der Waals surface area contributed by atoms with E-state index in [2.05, 4.69) is 43.0 Å². The Morgan fingerprint density at radius 2 is 1.97 bits per heavy atom. The highest BCUT2D eigenvalue weighted by Gasteiger charge is 2.16. The maximum atomic E-state index is 12.9. The number of benzene rings is 1. The molecule has 0 saturated carbocycles. The van der Waals surface area contributed by atoms with E-state index in [1.807, 2.05) is 37.3 Å². The third-order valence-corrected chi connectivity index (χ3v) is 5.55. The third-order valence-electron chi connectivity index (χ3n) is 4.57. The number of carbonyl (C=O) groups is 1. The van der Waals surface area contributed by atoms with Crippen molar-refractivity contribution in [2.24, 2.45) is 5.92 Å². The molecule has 1 amide bonds. The molecule has 0 fully saturated rings. The predicted molar refractivity (Wildman–Crippen MR) is 120 cm³/mol. The molecule has 0 aliphatic heterocycles. The summed E-state index contributed by atoms with van der Waals surface area (Å²) in [6, 6.07) is 9.69. The van der Waals surface area contributed by atoms with Gasteiger partial charge in [-0.25, -0.2) is 4.98 Å². The molecule has 1 aromatic carbocycles. The van der Waals surface area contributed by atoms with Crippen molar-refractivity contribution in [3.63, 3.8) is 0 Å². The Morgan fingerprint density at radius 1 is 1.24 bits per heavy atom. The minimum absolute atomic E-state index is 0.0927. The van der Waals surface area contributed by atoms with E-state index in [4.69, 9.17) is 0 Å². The van der Waals surface area contributed by atoms with Crippen molar-refractivity contribution in [1.29, 1.82) is 0 Å². The number of para-hydroxylation sites is 1. The van der Waals surface area contributed by atoms with Crippen LogP contribution in [0.1, 0.15) is 44.9 Å². The van der Waals surface area contributed by atoms with Gasteiger partial charge in [-0.3, -0.25) is 14.2 Å². The van der Waals surface area contributed by atoms with Crippen LogP contribution in [0.3, 0.4) is 0 Å². The second-order valence-corrected chi connectivity index (χ2v) is 8.94. The normalized spacial score (nSPS) is 11.6. The van der Waals surface area contributed by atoms with Gasteiger partial charge >= 0.3 is 0 Å². The number of hydrogen-bond donors (Lipinski definition) is 2. The van der Waals surface area contributed by atoms with Crippen molar-refractivity contribution in [2.45, 2.75) is 52.2 Å². The first-order valence-electron chi connectivity index (χ1n) is 9.88. The second kappa shape index (κ2) is 8.86. The van der Waals surface area contributed by atoms with Crippen molar-refractivity contribution in [3.8, 4) is 0 Å². The van der Waals surface area contributed by atoms with Crippen molar-refractivity contribution in [3.05, 3.63) is 51.9 Å². The summed E-state index contributed by atoms with van der Waals surface area (Å²) in [6.07, 6.45) is 0. The molecule has 3 aromatic rings. The molecule has 2 N–H and O–H groups in total. The highest BCUT2D eigenvalue weighted by molar-refractivity contribution is 7.99. The largest absolute Gasteiger partial charge is 0.353 e. The SMILES string of the molecule is Cc1cc2nc(SCC(=O)Nc3ccccc3C(C)C)n(CC(C)C)c(=O)c2[nH]1. The summed E-state index contributed by atoms with van der Waals surface area (Å²) in [4.78, 5) is 33.3. The number of rotatable bonds is 7. The van der Waals surface area contributed by atoms with Gasteiger partial charge in [0, 0.05) is 17.9 Å². The van der Waals surface area contributed by atoms with E-state index in [0.29, 0.717) is 28.7 Å². The first kappa shape index (κ1) is 21.2. The molecule has 0 aliphatic rings. The Bertz CT molecular complexity index is 1080. The number of nitrogens with one attached hydrogen (secondary N) is 2. The average molecular weight is 413 g/mol. The van der Waals surface area contributed by atoms with Crippen LogP contribution in [0.25, 0.3) is 11.0 Å². The lowest BCUT2D eigenvalue weighted by atomic mass is 10.0. The minimum atomic E-state index is -0.112. The Kier molecular flexibility index (Phi) is 6.47. The number of fused-ring (bicyclic) bond motifs is 1. The van der Waals surface area contributed by atoms with Crippen molar-refractivity contribution in [2.75, 3.05) is 11.1 Å². The lowest BCUT2D eigenvalue weighted by molar-refractivity contribution is -0.113. The summed E-state index contributed by atoms with van der Waals surface area (Å²) < 4.78 is 1.67. The fraction of sp³-hybridized carbons (Fsp3) is 0.409. The number of carbonyl (C=O) groups excluding carboxylic acids is 1. The summed E-state index contributed by atoms with van der Waals surface area (Å²) in [5.41, 5.74) is 3.89. The fourth-order valence-corrected chi connectivity index (χ4v) is 4.09. The number of aromatic amines is 1. The minimum Gasteiger partial charge on any atom is -0.353 e. The number of H-pyrrole nitrogens is 1. The molecule has 0 aliphatic carbocycles. The maximum absolute atomic E-state index is 12.9. The van der Waals surface area contributed by atoms with E-state index in [-0.39, 0.29) is 23.1 Å². The van der Waals surface area contributed by atoms with Gasteiger partial charge < -0.3 is 10.3 Å². The molecule has 0 saturated heterocycles. The van der Waals surface area contributed by atoms with Gasteiger partial charge in [0.05, 0.1) is 11.3 Å². The van der Waals surface area contributed by atoms with Crippen LogP contribution in [0.4, 0.5) is 5.69 Å². The Labute approximate surface area is 175 Å². The lowest BCUT2D eigenvalue weighted by Crippen LogP contribution is -2.26. The van der Waals surface area contributed by atoms with E-state index in [9.17, 15) is 9.59 Å². The molecule has 6 nitrogen and oxygen atoms in total. The molecular formula is C22H28N4O2S. The molecule has 3 rings (SSSR count). The maximum Gasteiger partial charge on any atom is 0.278 e. The van der Waals surface area contributed by atoms with Crippen LogP contribution in [0, 0.1) is 12.8 Å². The van der Waals surface area contributed by atoms with E-state index in [0.717, 1.165) is 16.9 Å². The molecule has 154 valence electrons. The third kappa shape index (κ3) is 4.90. The standard InChI is InChI=1S/C22H28N4O2S/c1-13(2)11-26-21(28)20-18(10-15(5)23-20)25-22(26)29-12-19(27)24-17-9-7-6-8-16(17)14(3)4/h6-10,13-14,23H,11-12H2,1-5H3,(H,24,27). The number of thioether (sulfide) groups is 1. The van der Waals surface area contributed by atoms with Crippen LogP contribution in [0.5, 0.6) is 0 Å². The number of aryl methyl sites for hydroxylation is 1. The molecule has 7 heteroatoms. The molecule has 2 heterocycles. The zero-order chi connectivity index (χ0) is 21.1. The topological polar surface area (TPSA) is 79.8 Å². The summed E-state index contributed by atoms with van der Waals surface area (Å²) in [7, 11) is 0. The molecule has 0 bridgehead atoms. The van der Waals surface area contributed by atoms with Gasteiger partial charge in [0.1, 0.15) is 5.52 Å². The average Bonchev–Trinajstić information content (AvgIpc) is 3.03. The zero-order valence-corrected chi connectivity index (χ0v) is 18.4. The molecule has 0 radical (unpaired) electrons. The Balaban J connectivity index is 1.82. The predicted octanol–water partition coefficient (Wildman–Crippen LogP) is 4.54. The first-order chi connectivity index (χ1) is 13.8. The van der Waals surface area contributed by atoms with E-state index >= 15 is 0 Å². The lowest BCUT2D eigenvalue weighted by Gasteiger charge is -2.15. The molecule has 2 aromatic heterocycles. The van der Waals surface area contributed by atoms with E-state index < -0.39 is 0 Å². The van der Waals surface area contributed by atoms with E-state index in [1.165, 1.54) is 11.8 Å². The Morgan fingerprint density at radius 3 is 2.66 bits per heavy atom. The number of aromatic nitrogens is 3. The van der Waals surface area contributed by atoms with Crippen LogP contribution >= 0.6 is 11.8 Å². The van der Waals surface area contributed by atoms with Gasteiger partial charge in [-0.05, 0) is 36.5 Å². The molecule has 29 heavy (non-hydrogen) atoms. The quantitative estimate of drug-likeness (QED) is 0.441. The molecule has 0 spiro atoms. The van der Waals surface area contributed by atoms with Gasteiger partial charge in [0.25, 0.3) is 5.56 Å². The van der Waals surface area contributed by atoms with Gasteiger partial charge in [-0.15, -0.1) is 0 Å². The van der Waals surface area contributed by atoms with Crippen LogP contribution < -0.4 is 10.9 Å². The summed E-state index contributed by atoms with van der Waals surface area (Å²) >= 11 is 1.29. The summed E-state index contributed by atoms with van der Waals surface area (Å²) in [6.45, 7) is 10.8. The number of anilines is 1. The molecule has 0 unspecified atom stereocenters. The number of nitrogens with zero attached hydrogens (tertiary/aromatic N) is 2. The first-order valence-corrected chi connectivity index (χ1v) is 10.9. The van der Waals surface area contributed by atoms with Crippen LogP contribution in [0.2, 0.25) is 0 Å². The Hall–Kier alpha value is -2.54. The van der Waals surface area contributed by atoms with Crippen molar-refractivity contribution in [1.82, 2.24) is 14.5 Å². The molecule has 0 atom stereocenters. The smallest absolute Gasteiger partial charge is 0.278 e. The van der Waals surface area contributed by atoms with Crippen molar-refractivity contribution < 1.29 is 4.79 Å². The second-order valence-electron chi connectivity index (χ2n) is 8.00. The van der Waals surface area contributed by atoms with Gasteiger partial charge in [0.15, 0.2) is 5.16 Å². The van der Waals surface area contributed by atoms with Gasteiger partial charge in [-0.1, -0.05) is 57.7 Å². The number of amides is 1. The summed E-state index contributed by atoms with van der Waals surface area (Å²) in [5, 5.41) is 3.57. The van der Waals surface area contributed by atoms with Gasteiger partial charge in [-0.2, -0.15) is 0 Å². The van der Waals surface area contributed by atoms with Crippen LogP contribution in [-0.4, -0.2) is 26.2 Å². The molecular weight excluding hydrogens is 384 g/mol. The highest BCUT2D eigenvalue weighted by atomic mass is 32.2. The highest BCUT2D eigenvalue weighted by Crippen LogP contribution is 2.25. The van der Waals surface area contributed by atoms with Crippen LogP contribution in [-0.2, 0) is 11.3 Å². The summed E-state index contributed by atoms with van der Waals surface area (Å²) in [5.74, 6) is 0.676. The monoisotopic (exact) mass is 412 g/mol. The van der Waals surface area contributed by atoms with E-state index in [1.54, 1.807) is 4.57 Å². The zero-order valence-electron chi connectivity index (χ0n) is 17.6. The number of hydrogen-bond acceptors (Lipinski definition) is 4. The fourth-order valence-electron chi connectivity index (χ4n) is 3.28.